The molecule has 2 heterocycles. The molecule has 1 fully saturated rings. The lowest BCUT2D eigenvalue weighted by Gasteiger charge is -2.31. The maximum atomic E-state index is 13.1. The molecule has 1 aliphatic rings. The number of hydrogen-bond acceptors (Lipinski definition) is 4. The fourth-order valence-electron chi connectivity index (χ4n) is 3.78. The van der Waals surface area contributed by atoms with Crippen LogP contribution in [0.4, 0.5) is 5.95 Å². The van der Waals surface area contributed by atoms with Crippen LogP contribution in [0, 0.1) is 12.8 Å². The van der Waals surface area contributed by atoms with Crippen molar-refractivity contribution in [2.45, 2.75) is 19.8 Å². The lowest BCUT2D eigenvalue weighted by molar-refractivity contribution is 0.0899. The predicted molar refractivity (Wildman–Crippen MR) is 113 cm³/mol. The second-order valence-electron chi connectivity index (χ2n) is 7.21. The summed E-state index contributed by atoms with van der Waals surface area (Å²) in [6, 6.07) is 15.7. The van der Waals surface area contributed by atoms with Crippen LogP contribution >= 0.6 is 11.6 Å². The molecule has 0 bridgehead atoms. The van der Waals surface area contributed by atoms with Gasteiger partial charge in [-0.2, -0.15) is 0 Å². The highest BCUT2D eigenvalue weighted by Crippen LogP contribution is 2.28. The molecule has 4 rings (SSSR count). The van der Waals surface area contributed by atoms with E-state index in [2.05, 4.69) is 20.9 Å². The van der Waals surface area contributed by atoms with Gasteiger partial charge in [-0.15, -0.1) is 0 Å². The van der Waals surface area contributed by atoms with E-state index in [0.717, 1.165) is 59.2 Å². The van der Waals surface area contributed by atoms with E-state index in [1.54, 1.807) is 12.4 Å². The molecule has 0 N–H and O–H groups in total. The fraction of sp³-hybridized carbons (Fsp3) is 0.261. The molecule has 0 amide bonds. The van der Waals surface area contributed by atoms with Crippen LogP contribution in [0.2, 0.25) is 5.02 Å². The molecule has 0 radical (unpaired) electrons. The zero-order valence-corrected chi connectivity index (χ0v) is 16.6. The summed E-state index contributed by atoms with van der Waals surface area (Å²) in [5.41, 5.74) is 4.04. The van der Waals surface area contributed by atoms with Crippen LogP contribution in [0.1, 0.15) is 28.8 Å². The molecule has 1 saturated heterocycles. The van der Waals surface area contributed by atoms with Crippen molar-refractivity contribution in [2.24, 2.45) is 5.92 Å². The molecule has 1 aromatic heterocycles. The van der Waals surface area contributed by atoms with Crippen LogP contribution in [0.3, 0.4) is 0 Å². The number of aryl methyl sites for hydroxylation is 1. The van der Waals surface area contributed by atoms with Gasteiger partial charge in [0.2, 0.25) is 5.95 Å². The van der Waals surface area contributed by atoms with Crippen LogP contribution in [0.5, 0.6) is 0 Å². The number of rotatable bonds is 4. The van der Waals surface area contributed by atoms with E-state index in [-0.39, 0.29) is 11.7 Å². The van der Waals surface area contributed by atoms with Crippen LogP contribution in [-0.4, -0.2) is 28.8 Å². The number of halogens is 1. The highest BCUT2D eigenvalue weighted by atomic mass is 35.5. The van der Waals surface area contributed by atoms with E-state index in [1.165, 1.54) is 0 Å². The Hall–Kier alpha value is -2.72. The van der Waals surface area contributed by atoms with E-state index in [1.807, 2.05) is 49.4 Å². The van der Waals surface area contributed by atoms with Gasteiger partial charge < -0.3 is 4.90 Å². The molecular formula is C23H22ClN3O. The van der Waals surface area contributed by atoms with Gasteiger partial charge in [-0.05, 0) is 54.7 Å². The van der Waals surface area contributed by atoms with Gasteiger partial charge in [0.05, 0.1) is 0 Å². The Bertz CT molecular complexity index is 965. The monoisotopic (exact) mass is 391 g/mol. The number of carbonyl (C=O) groups excluding carboxylic acids is 1. The van der Waals surface area contributed by atoms with Gasteiger partial charge in [0.1, 0.15) is 0 Å². The Balaban J connectivity index is 1.46. The third kappa shape index (κ3) is 3.92. The van der Waals surface area contributed by atoms with Gasteiger partial charge in [0.15, 0.2) is 5.78 Å². The van der Waals surface area contributed by atoms with Crippen molar-refractivity contribution in [3.05, 3.63) is 77.1 Å². The zero-order chi connectivity index (χ0) is 19.5. The first-order valence-corrected chi connectivity index (χ1v) is 9.92. The van der Waals surface area contributed by atoms with Gasteiger partial charge in [0.25, 0.3) is 0 Å². The first-order chi connectivity index (χ1) is 13.6. The Morgan fingerprint density at radius 3 is 2.29 bits per heavy atom. The van der Waals surface area contributed by atoms with E-state index >= 15 is 0 Å². The highest BCUT2D eigenvalue weighted by molar-refractivity contribution is 6.30. The number of hydrogen-bond donors (Lipinski definition) is 0. The molecule has 28 heavy (non-hydrogen) atoms. The van der Waals surface area contributed by atoms with Crippen LogP contribution in [0.15, 0.2) is 60.9 Å². The third-order valence-electron chi connectivity index (χ3n) is 5.37. The molecule has 142 valence electrons. The van der Waals surface area contributed by atoms with E-state index in [9.17, 15) is 4.79 Å². The van der Waals surface area contributed by atoms with E-state index in [0.29, 0.717) is 0 Å². The van der Waals surface area contributed by atoms with Crippen molar-refractivity contribution in [2.75, 3.05) is 18.0 Å². The van der Waals surface area contributed by atoms with Gasteiger partial charge >= 0.3 is 0 Å². The fourth-order valence-corrected chi connectivity index (χ4v) is 3.90. The molecule has 5 heteroatoms. The summed E-state index contributed by atoms with van der Waals surface area (Å²) < 4.78 is 0. The molecule has 0 aliphatic carbocycles. The summed E-state index contributed by atoms with van der Waals surface area (Å²) in [5, 5.41) is 0.722. The largest absolute Gasteiger partial charge is 0.341 e. The second kappa shape index (κ2) is 8.11. The van der Waals surface area contributed by atoms with Crippen LogP contribution in [-0.2, 0) is 0 Å². The zero-order valence-electron chi connectivity index (χ0n) is 15.8. The summed E-state index contributed by atoms with van der Waals surface area (Å²) >= 11 is 5.98. The number of nitrogens with zero attached hydrogens (tertiary/aromatic N) is 3. The highest BCUT2D eigenvalue weighted by Gasteiger charge is 2.27. The number of carbonyl (C=O) groups is 1. The lowest BCUT2D eigenvalue weighted by atomic mass is 9.86. The molecule has 2 aromatic carbocycles. The quantitative estimate of drug-likeness (QED) is 0.573. The lowest BCUT2D eigenvalue weighted by Crippen LogP contribution is -2.37. The maximum absolute atomic E-state index is 13.1. The molecular weight excluding hydrogens is 370 g/mol. The Morgan fingerprint density at radius 2 is 1.64 bits per heavy atom. The van der Waals surface area contributed by atoms with Crippen molar-refractivity contribution in [3.8, 4) is 11.1 Å². The summed E-state index contributed by atoms with van der Waals surface area (Å²) in [7, 11) is 0. The summed E-state index contributed by atoms with van der Waals surface area (Å²) in [6.45, 7) is 3.63. The molecule has 1 aliphatic heterocycles. The molecule has 0 atom stereocenters. The molecule has 0 unspecified atom stereocenters. The SMILES string of the molecule is Cc1cc(-c2ccc(Cl)cc2)ccc1C(=O)C1CCN(c2ncccn2)CC1. The predicted octanol–water partition coefficient (Wildman–Crippen LogP) is 5.20. The van der Waals surface area contributed by atoms with E-state index < -0.39 is 0 Å². The van der Waals surface area contributed by atoms with Crippen LogP contribution in [0.25, 0.3) is 11.1 Å². The molecule has 4 nitrogen and oxygen atoms in total. The Kier molecular flexibility index (Phi) is 5.40. The standard InChI is InChI=1S/C23H22ClN3O/c1-16-15-19(17-3-6-20(24)7-4-17)5-8-21(16)22(28)18-9-13-27(14-10-18)23-25-11-2-12-26-23/h2-8,11-12,15,18H,9-10,13-14H2,1H3. The number of piperidine rings is 1. The van der Waals surface area contributed by atoms with Crippen molar-refractivity contribution in [1.29, 1.82) is 0 Å². The van der Waals surface area contributed by atoms with Crippen LogP contribution < -0.4 is 4.90 Å². The minimum Gasteiger partial charge on any atom is -0.341 e. The maximum Gasteiger partial charge on any atom is 0.225 e. The third-order valence-corrected chi connectivity index (χ3v) is 5.62. The molecule has 0 spiro atoms. The van der Waals surface area contributed by atoms with E-state index in [4.69, 9.17) is 11.6 Å². The smallest absolute Gasteiger partial charge is 0.225 e. The Morgan fingerprint density at radius 1 is 1.00 bits per heavy atom. The van der Waals surface area contributed by atoms with Crippen molar-refractivity contribution < 1.29 is 4.79 Å². The topological polar surface area (TPSA) is 46.1 Å². The average molecular weight is 392 g/mol. The number of anilines is 1. The number of ketones is 1. The minimum atomic E-state index is 0.0556. The first-order valence-electron chi connectivity index (χ1n) is 9.54. The first kappa shape index (κ1) is 18.6. The summed E-state index contributed by atoms with van der Waals surface area (Å²) in [6.07, 6.45) is 5.17. The normalized spacial score (nSPS) is 14.9. The van der Waals surface area contributed by atoms with Gasteiger partial charge in [0, 0.05) is 42.0 Å². The average Bonchev–Trinajstić information content (AvgIpc) is 2.74. The van der Waals surface area contributed by atoms with Gasteiger partial charge in [-0.25, -0.2) is 9.97 Å². The molecule has 3 aromatic rings. The van der Waals surface area contributed by atoms with Gasteiger partial charge in [-0.1, -0.05) is 41.9 Å². The number of aromatic nitrogens is 2. The van der Waals surface area contributed by atoms with Gasteiger partial charge in [-0.3, -0.25) is 4.79 Å². The number of benzene rings is 2. The minimum absolute atomic E-state index is 0.0556. The molecule has 0 saturated carbocycles. The van der Waals surface area contributed by atoms with Crippen molar-refractivity contribution >= 4 is 23.3 Å². The number of Topliss-reactive ketones (excluding diaryl/α,β-unsaturated/α-hetero) is 1. The van der Waals surface area contributed by atoms with Crippen molar-refractivity contribution in [3.63, 3.8) is 0 Å². The summed E-state index contributed by atoms with van der Waals surface area (Å²) in [5.74, 6) is 1.05. The van der Waals surface area contributed by atoms with Crippen molar-refractivity contribution in [1.82, 2.24) is 9.97 Å². The Labute approximate surface area is 170 Å². The second-order valence-corrected chi connectivity index (χ2v) is 7.65. The summed E-state index contributed by atoms with van der Waals surface area (Å²) in [4.78, 5) is 23.9.